The molecule has 7 nitrogen and oxygen atoms in total. The molecule has 0 aromatic carbocycles. The van der Waals surface area contributed by atoms with Crippen LogP contribution in [-0.2, 0) is 14.3 Å². The summed E-state index contributed by atoms with van der Waals surface area (Å²) < 4.78 is 10.6. The van der Waals surface area contributed by atoms with Crippen LogP contribution in [0.3, 0.4) is 0 Å². The number of carbonyl (C=O) groups is 2. The van der Waals surface area contributed by atoms with Crippen LogP contribution < -0.4 is 4.90 Å². The molecule has 1 aliphatic heterocycles. The third-order valence-corrected chi connectivity index (χ3v) is 5.23. The number of amides is 1. The Morgan fingerprint density at radius 3 is 2.72 bits per heavy atom. The van der Waals surface area contributed by atoms with Gasteiger partial charge < -0.3 is 9.47 Å². The van der Waals surface area contributed by atoms with Gasteiger partial charge in [-0.05, 0) is 44.9 Å². The molecule has 2 heterocycles. The maximum atomic E-state index is 13.3. The predicted octanol–water partition coefficient (Wildman–Crippen LogP) is 2.53. The minimum absolute atomic E-state index is 0.00449. The minimum atomic E-state index is -0.458. The third-order valence-electron chi connectivity index (χ3n) is 5.23. The van der Waals surface area contributed by atoms with Crippen molar-refractivity contribution >= 4 is 17.7 Å². The number of hydrogen-bond acceptors (Lipinski definition) is 5. The molecule has 0 radical (unpaired) electrons. The van der Waals surface area contributed by atoms with E-state index in [9.17, 15) is 9.59 Å². The van der Waals surface area contributed by atoms with E-state index in [2.05, 4.69) is 17.1 Å². The number of nitrogens with one attached hydrogen (secondary N) is 1. The van der Waals surface area contributed by atoms with Crippen molar-refractivity contribution in [3.63, 3.8) is 0 Å². The summed E-state index contributed by atoms with van der Waals surface area (Å²) in [6, 6.07) is -0.0690. The van der Waals surface area contributed by atoms with Crippen LogP contribution in [0.5, 0.6) is 0 Å². The average Bonchev–Trinajstić information content (AvgIpc) is 3.28. The molecule has 0 bridgehead atoms. The molecule has 1 atom stereocenters. The zero-order valence-corrected chi connectivity index (χ0v) is 15.0. The Bertz CT molecular complexity index is 601. The van der Waals surface area contributed by atoms with Gasteiger partial charge in [-0.3, -0.25) is 14.8 Å². The molecule has 25 heavy (non-hydrogen) atoms. The number of rotatable bonds is 5. The molecule has 1 saturated carbocycles. The summed E-state index contributed by atoms with van der Waals surface area (Å²) in [5.41, 5.74) is 0.311. The highest BCUT2D eigenvalue weighted by Crippen LogP contribution is 2.33. The fourth-order valence-electron chi connectivity index (χ4n) is 3.72. The maximum Gasteiger partial charge on any atom is 0.343 e. The van der Waals surface area contributed by atoms with Gasteiger partial charge in [0.25, 0.3) is 0 Å². The van der Waals surface area contributed by atoms with E-state index in [4.69, 9.17) is 9.47 Å². The summed E-state index contributed by atoms with van der Waals surface area (Å²) in [5.74, 6) is 0.722. The van der Waals surface area contributed by atoms with E-state index in [-0.39, 0.29) is 24.5 Å². The number of H-pyrrole nitrogens is 1. The molecule has 138 valence electrons. The van der Waals surface area contributed by atoms with E-state index < -0.39 is 5.97 Å². The second kappa shape index (κ2) is 7.99. The largest absolute Gasteiger partial charge is 0.462 e. The van der Waals surface area contributed by atoms with E-state index in [1.54, 1.807) is 11.8 Å². The highest BCUT2D eigenvalue weighted by atomic mass is 16.5. The molecule has 7 heteroatoms. The summed E-state index contributed by atoms with van der Waals surface area (Å²) in [7, 11) is 0. The number of esters is 1. The van der Waals surface area contributed by atoms with Crippen molar-refractivity contribution in [3.05, 3.63) is 11.8 Å². The molecule has 1 saturated heterocycles. The minimum Gasteiger partial charge on any atom is -0.462 e. The Kier molecular flexibility index (Phi) is 5.73. The topological polar surface area (TPSA) is 84.5 Å². The molecule has 1 aromatic heterocycles. The quantitative estimate of drug-likeness (QED) is 0.826. The molecule has 2 aliphatic rings. The molecule has 1 N–H and O–H groups in total. The molecule has 1 aromatic rings. The second-order valence-electron chi connectivity index (χ2n) is 7.04. The fraction of sp³-hybridized carbons (Fsp3) is 0.722. The SMILES string of the molecule is CCOC(=O)c1cn[nH]c1N(C(=O)C1CCC(C)CC1)[C@H]1CCOC1. The molecule has 1 amide bonds. The van der Waals surface area contributed by atoms with Crippen LogP contribution in [0.4, 0.5) is 5.82 Å². The van der Waals surface area contributed by atoms with Crippen LogP contribution in [0, 0.1) is 11.8 Å². The highest BCUT2D eigenvalue weighted by Gasteiger charge is 2.37. The van der Waals surface area contributed by atoms with Crippen molar-refractivity contribution in [2.75, 3.05) is 24.7 Å². The van der Waals surface area contributed by atoms with Crippen molar-refractivity contribution in [1.29, 1.82) is 0 Å². The van der Waals surface area contributed by atoms with Gasteiger partial charge in [0.05, 0.1) is 25.5 Å². The number of carbonyl (C=O) groups excluding carboxylic acids is 2. The molecular weight excluding hydrogens is 322 g/mol. The zero-order valence-electron chi connectivity index (χ0n) is 15.0. The Morgan fingerprint density at radius 1 is 1.32 bits per heavy atom. The van der Waals surface area contributed by atoms with Crippen molar-refractivity contribution in [3.8, 4) is 0 Å². The fourth-order valence-corrected chi connectivity index (χ4v) is 3.72. The van der Waals surface area contributed by atoms with Crippen LogP contribution >= 0.6 is 0 Å². The monoisotopic (exact) mass is 349 g/mol. The van der Waals surface area contributed by atoms with Crippen LogP contribution in [0.15, 0.2) is 6.20 Å². The van der Waals surface area contributed by atoms with Crippen LogP contribution in [0.1, 0.15) is 56.3 Å². The summed E-state index contributed by atoms with van der Waals surface area (Å²) in [4.78, 5) is 27.2. The Morgan fingerprint density at radius 2 is 2.08 bits per heavy atom. The van der Waals surface area contributed by atoms with E-state index in [1.807, 2.05) is 0 Å². The van der Waals surface area contributed by atoms with Gasteiger partial charge in [-0.25, -0.2) is 4.79 Å². The molecule has 0 spiro atoms. The normalized spacial score (nSPS) is 26.4. The van der Waals surface area contributed by atoms with E-state index in [0.29, 0.717) is 30.5 Å². The van der Waals surface area contributed by atoms with Crippen LogP contribution in [-0.4, -0.2) is 47.9 Å². The van der Waals surface area contributed by atoms with Gasteiger partial charge in [-0.15, -0.1) is 0 Å². The van der Waals surface area contributed by atoms with Crippen molar-refractivity contribution in [1.82, 2.24) is 10.2 Å². The first-order chi connectivity index (χ1) is 12.1. The Balaban J connectivity index is 1.87. The Labute approximate surface area is 148 Å². The van der Waals surface area contributed by atoms with Crippen LogP contribution in [0.2, 0.25) is 0 Å². The van der Waals surface area contributed by atoms with E-state index in [1.165, 1.54) is 6.20 Å². The molecular formula is C18H27N3O4. The van der Waals surface area contributed by atoms with E-state index >= 15 is 0 Å². The summed E-state index contributed by atoms with van der Waals surface area (Å²) >= 11 is 0. The summed E-state index contributed by atoms with van der Waals surface area (Å²) in [5, 5.41) is 6.85. The standard InChI is InChI=1S/C18H27N3O4/c1-3-25-18(23)15-10-19-20-16(15)21(14-8-9-24-11-14)17(22)13-6-4-12(2)5-7-13/h10,12-14H,3-9,11H2,1-2H3,(H,19,20)/t12?,13?,14-/m0/s1. The van der Waals surface area contributed by atoms with Gasteiger partial charge in [0, 0.05) is 12.5 Å². The molecule has 0 unspecified atom stereocenters. The van der Waals surface area contributed by atoms with Gasteiger partial charge in [0.2, 0.25) is 5.91 Å². The summed E-state index contributed by atoms with van der Waals surface area (Å²) in [6.45, 7) is 5.38. The number of anilines is 1. The smallest absolute Gasteiger partial charge is 0.343 e. The number of aromatic amines is 1. The third kappa shape index (κ3) is 3.86. The second-order valence-corrected chi connectivity index (χ2v) is 7.04. The zero-order chi connectivity index (χ0) is 17.8. The lowest BCUT2D eigenvalue weighted by Crippen LogP contribution is -2.46. The first kappa shape index (κ1) is 17.9. The van der Waals surface area contributed by atoms with E-state index in [0.717, 1.165) is 32.1 Å². The first-order valence-electron chi connectivity index (χ1n) is 9.23. The van der Waals surface area contributed by atoms with Crippen LogP contribution in [0.25, 0.3) is 0 Å². The van der Waals surface area contributed by atoms with Gasteiger partial charge in [-0.2, -0.15) is 5.10 Å². The first-order valence-corrected chi connectivity index (χ1v) is 9.23. The highest BCUT2D eigenvalue weighted by molar-refractivity contribution is 6.02. The number of nitrogens with zero attached hydrogens (tertiary/aromatic N) is 2. The predicted molar refractivity (Wildman–Crippen MR) is 92.4 cm³/mol. The van der Waals surface area contributed by atoms with Gasteiger partial charge in [0.1, 0.15) is 11.4 Å². The van der Waals surface area contributed by atoms with Crippen molar-refractivity contribution in [2.45, 2.75) is 52.0 Å². The number of hydrogen-bond donors (Lipinski definition) is 1. The Hall–Kier alpha value is -1.89. The lowest BCUT2D eigenvalue weighted by atomic mass is 9.82. The molecule has 1 aliphatic carbocycles. The summed E-state index contributed by atoms with van der Waals surface area (Å²) in [6.07, 6.45) is 6.13. The van der Waals surface area contributed by atoms with Crippen molar-refractivity contribution < 1.29 is 19.1 Å². The average molecular weight is 349 g/mol. The maximum absolute atomic E-state index is 13.3. The van der Waals surface area contributed by atoms with Gasteiger partial charge in [0.15, 0.2) is 0 Å². The lowest BCUT2D eigenvalue weighted by Gasteiger charge is -2.33. The van der Waals surface area contributed by atoms with Crippen molar-refractivity contribution in [2.24, 2.45) is 11.8 Å². The van der Waals surface area contributed by atoms with Gasteiger partial charge >= 0.3 is 5.97 Å². The van der Waals surface area contributed by atoms with Gasteiger partial charge in [-0.1, -0.05) is 6.92 Å². The number of aromatic nitrogens is 2. The molecule has 3 rings (SSSR count). The number of ether oxygens (including phenoxy) is 2. The lowest BCUT2D eigenvalue weighted by molar-refractivity contribution is -0.124. The molecule has 2 fully saturated rings.